The Hall–Kier alpha value is -3.16. The summed E-state index contributed by atoms with van der Waals surface area (Å²) in [5.41, 5.74) is 0.948. The molecule has 0 bridgehead atoms. The zero-order valence-electron chi connectivity index (χ0n) is 16.9. The van der Waals surface area contributed by atoms with E-state index in [0.717, 1.165) is 5.56 Å². The molecule has 28 heavy (non-hydrogen) atoms. The number of carbonyl (C=O) groups is 3. The number of hydrogen-bond acceptors (Lipinski definition) is 6. The molecule has 2 N–H and O–H groups in total. The van der Waals surface area contributed by atoms with E-state index in [1.165, 1.54) is 13.0 Å². The molecular formula is C20H27N3O5. The molecule has 0 saturated heterocycles. The number of hydrogen-bond donors (Lipinski definition) is 2. The summed E-state index contributed by atoms with van der Waals surface area (Å²) >= 11 is 0. The van der Waals surface area contributed by atoms with Crippen molar-refractivity contribution in [2.75, 3.05) is 6.54 Å². The molecule has 1 heterocycles. The number of benzene rings is 1. The maximum absolute atomic E-state index is 11.6. The van der Waals surface area contributed by atoms with Crippen molar-refractivity contribution in [2.24, 2.45) is 0 Å². The first kappa shape index (κ1) is 22.9. The summed E-state index contributed by atoms with van der Waals surface area (Å²) in [5, 5.41) is 8.70. The Morgan fingerprint density at radius 3 is 2.25 bits per heavy atom. The van der Waals surface area contributed by atoms with E-state index in [9.17, 15) is 14.4 Å². The molecule has 0 spiro atoms. The number of rotatable bonds is 5. The topological polar surface area (TPSA) is 111 Å². The van der Waals surface area contributed by atoms with Gasteiger partial charge in [0.05, 0.1) is 0 Å². The van der Waals surface area contributed by atoms with E-state index in [-0.39, 0.29) is 30.3 Å². The monoisotopic (exact) mass is 389 g/mol. The summed E-state index contributed by atoms with van der Waals surface area (Å²) in [7, 11) is 0. The van der Waals surface area contributed by atoms with Gasteiger partial charge in [-0.15, -0.1) is 0 Å². The average molecular weight is 389 g/mol. The molecule has 0 aliphatic rings. The summed E-state index contributed by atoms with van der Waals surface area (Å²) in [6.07, 6.45) is 0. The summed E-state index contributed by atoms with van der Waals surface area (Å²) in [6.45, 7) is 9.02. The Labute approximate surface area is 164 Å². The van der Waals surface area contributed by atoms with E-state index in [4.69, 9.17) is 9.26 Å². The quantitative estimate of drug-likeness (QED) is 0.760. The fourth-order valence-electron chi connectivity index (χ4n) is 2.03. The van der Waals surface area contributed by atoms with Gasteiger partial charge in [-0.05, 0) is 33.3 Å². The van der Waals surface area contributed by atoms with Crippen LogP contribution in [0.4, 0.5) is 0 Å². The molecule has 0 saturated carbocycles. The highest BCUT2D eigenvalue weighted by Gasteiger charge is 2.12. The van der Waals surface area contributed by atoms with Crippen LogP contribution in [0, 0.1) is 6.92 Å². The van der Waals surface area contributed by atoms with Gasteiger partial charge in [0.2, 0.25) is 5.91 Å². The summed E-state index contributed by atoms with van der Waals surface area (Å²) in [5.74, 6) is -0.430. The van der Waals surface area contributed by atoms with Gasteiger partial charge in [0.1, 0.15) is 18.9 Å². The normalized spacial score (nSPS) is 10.3. The molecule has 152 valence electrons. The maximum atomic E-state index is 11.6. The Bertz CT molecular complexity index is 779. The number of aryl methyl sites for hydroxylation is 1. The van der Waals surface area contributed by atoms with Crippen molar-refractivity contribution >= 4 is 17.8 Å². The lowest BCUT2D eigenvalue weighted by atomic mass is 10.1. The number of aromatic nitrogens is 1. The average Bonchev–Trinajstić information content (AvgIpc) is 3.03. The second kappa shape index (κ2) is 10.9. The minimum Gasteiger partial charge on any atom is -0.460 e. The van der Waals surface area contributed by atoms with Gasteiger partial charge in [-0.25, -0.2) is 0 Å². The first-order valence-electron chi connectivity index (χ1n) is 8.76. The number of nitrogens with one attached hydrogen (secondary N) is 2. The third-order valence-corrected chi connectivity index (χ3v) is 3.05. The SMILES string of the molecule is CC(=O)NC(C)(C)C.Cc1cc(C(=O)NCC(=O)OCc2ccccc2)no1. The molecule has 0 radical (unpaired) electrons. The van der Waals surface area contributed by atoms with Crippen LogP contribution in [-0.4, -0.2) is 35.0 Å². The van der Waals surface area contributed by atoms with Gasteiger partial charge in [0.15, 0.2) is 5.69 Å². The van der Waals surface area contributed by atoms with Crippen LogP contribution in [0.3, 0.4) is 0 Å². The van der Waals surface area contributed by atoms with Crippen molar-refractivity contribution in [3.8, 4) is 0 Å². The standard InChI is InChI=1S/C14H14N2O4.C6H13NO/c1-10-7-12(16-20-10)14(18)15-8-13(17)19-9-11-5-3-2-4-6-11;1-5(8)7-6(2,3)4/h2-7H,8-9H2,1H3,(H,15,18);1-4H3,(H,7,8). The number of nitrogens with zero attached hydrogens (tertiary/aromatic N) is 1. The van der Waals surface area contributed by atoms with Crippen LogP contribution < -0.4 is 10.6 Å². The number of ether oxygens (including phenoxy) is 1. The highest BCUT2D eigenvalue weighted by molar-refractivity contribution is 5.94. The van der Waals surface area contributed by atoms with Gasteiger partial charge in [0, 0.05) is 18.5 Å². The molecule has 0 atom stereocenters. The number of esters is 1. The van der Waals surface area contributed by atoms with Crippen molar-refractivity contribution < 1.29 is 23.6 Å². The van der Waals surface area contributed by atoms with Gasteiger partial charge in [-0.3, -0.25) is 14.4 Å². The maximum Gasteiger partial charge on any atom is 0.325 e. The van der Waals surface area contributed by atoms with E-state index < -0.39 is 11.9 Å². The van der Waals surface area contributed by atoms with Gasteiger partial charge >= 0.3 is 5.97 Å². The van der Waals surface area contributed by atoms with Crippen LogP contribution >= 0.6 is 0 Å². The van der Waals surface area contributed by atoms with Crippen molar-refractivity contribution in [1.29, 1.82) is 0 Å². The molecule has 2 amide bonds. The first-order chi connectivity index (χ1) is 13.1. The number of amides is 2. The Morgan fingerprint density at radius 2 is 1.79 bits per heavy atom. The highest BCUT2D eigenvalue weighted by Crippen LogP contribution is 2.02. The van der Waals surface area contributed by atoms with Crippen LogP contribution in [0.25, 0.3) is 0 Å². The van der Waals surface area contributed by atoms with E-state index in [1.54, 1.807) is 6.92 Å². The van der Waals surface area contributed by atoms with Crippen LogP contribution in [0.5, 0.6) is 0 Å². The van der Waals surface area contributed by atoms with Crippen molar-refractivity contribution in [3.63, 3.8) is 0 Å². The van der Waals surface area contributed by atoms with Gasteiger partial charge in [-0.2, -0.15) is 0 Å². The highest BCUT2D eigenvalue weighted by atomic mass is 16.5. The zero-order chi connectivity index (χ0) is 21.2. The van der Waals surface area contributed by atoms with E-state index in [1.807, 2.05) is 51.1 Å². The Kier molecular flexibility index (Phi) is 8.87. The molecular weight excluding hydrogens is 362 g/mol. The van der Waals surface area contributed by atoms with E-state index in [0.29, 0.717) is 5.76 Å². The minimum absolute atomic E-state index is 0.0255. The third kappa shape index (κ3) is 10.1. The van der Waals surface area contributed by atoms with E-state index >= 15 is 0 Å². The molecule has 1 aromatic heterocycles. The predicted molar refractivity (Wildman–Crippen MR) is 103 cm³/mol. The molecule has 0 fully saturated rings. The lowest BCUT2D eigenvalue weighted by Crippen LogP contribution is -2.38. The second-order valence-corrected chi connectivity index (χ2v) is 7.08. The lowest BCUT2D eigenvalue weighted by Gasteiger charge is -2.18. The molecule has 0 aliphatic carbocycles. The van der Waals surface area contributed by atoms with Crippen molar-refractivity contribution in [3.05, 3.63) is 53.4 Å². The molecule has 2 rings (SSSR count). The molecule has 0 aliphatic heterocycles. The molecule has 8 nitrogen and oxygen atoms in total. The van der Waals surface area contributed by atoms with Crippen molar-refractivity contribution in [2.45, 2.75) is 46.8 Å². The Morgan fingerprint density at radius 1 is 1.14 bits per heavy atom. The fourth-order valence-corrected chi connectivity index (χ4v) is 2.03. The minimum atomic E-state index is -0.512. The fraction of sp³-hybridized carbons (Fsp3) is 0.400. The van der Waals surface area contributed by atoms with Crippen molar-refractivity contribution in [1.82, 2.24) is 15.8 Å². The predicted octanol–water partition coefficient (Wildman–Crippen LogP) is 2.38. The van der Waals surface area contributed by atoms with Crippen LogP contribution in [0.15, 0.2) is 40.9 Å². The van der Waals surface area contributed by atoms with Crippen LogP contribution in [0.1, 0.15) is 49.5 Å². The zero-order valence-corrected chi connectivity index (χ0v) is 16.9. The third-order valence-electron chi connectivity index (χ3n) is 3.05. The Balaban J connectivity index is 0.000000416. The van der Waals surface area contributed by atoms with Gasteiger partial charge < -0.3 is 19.9 Å². The van der Waals surface area contributed by atoms with Crippen LogP contribution in [-0.2, 0) is 20.9 Å². The second-order valence-electron chi connectivity index (χ2n) is 7.08. The molecule has 1 aromatic carbocycles. The summed E-state index contributed by atoms with van der Waals surface area (Å²) in [4.78, 5) is 33.4. The lowest BCUT2D eigenvalue weighted by molar-refractivity contribution is -0.143. The van der Waals surface area contributed by atoms with Crippen LogP contribution in [0.2, 0.25) is 0 Å². The van der Waals surface area contributed by atoms with Gasteiger partial charge in [-0.1, -0.05) is 35.5 Å². The largest absolute Gasteiger partial charge is 0.460 e. The molecule has 0 unspecified atom stereocenters. The first-order valence-corrected chi connectivity index (χ1v) is 8.76. The molecule has 2 aromatic rings. The molecule has 8 heteroatoms. The van der Waals surface area contributed by atoms with Gasteiger partial charge in [0.25, 0.3) is 5.91 Å². The number of carbonyl (C=O) groups excluding carboxylic acids is 3. The summed E-state index contributed by atoms with van der Waals surface area (Å²) < 4.78 is 9.79. The summed E-state index contributed by atoms with van der Waals surface area (Å²) in [6, 6.07) is 10.8. The smallest absolute Gasteiger partial charge is 0.325 e. The van der Waals surface area contributed by atoms with E-state index in [2.05, 4.69) is 15.8 Å².